The molecule has 0 bridgehead atoms. The Kier molecular flexibility index (Phi) is 5.35. The van der Waals surface area contributed by atoms with Gasteiger partial charge in [-0.2, -0.15) is 0 Å². The molecule has 1 amide bonds. The molecule has 1 fully saturated rings. The fraction of sp³-hybridized carbons (Fsp3) is 0.381. The smallest absolute Gasteiger partial charge is 0.309 e. The van der Waals surface area contributed by atoms with E-state index in [2.05, 4.69) is 11.1 Å². The van der Waals surface area contributed by atoms with E-state index < -0.39 is 5.97 Å². The molecular formula is C21H24N2O3. The van der Waals surface area contributed by atoms with Gasteiger partial charge >= 0.3 is 5.97 Å². The molecule has 26 heavy (non-hydrogen) atoms. The van der Waals surface area contributed by atoms with Crippen molar-refractivity contribution in [1.82, 2.24) is 9.88 Å². The highest BCUT2D eigenvalue weighted by Crippen LogP contribution is 2.32. The van der Waals surface area contributed by atoms with Crippen LogP contribution in [0.25, 0.3) is 11.3 Å². The van der Waals surface area contributed by atoms with Crippen LogP contribution in [0.3, 0.4) is 0 Å². The Balaban J connectivity index is 1.92. The van der Waals surface area contributed by atoms with Crippen molar-refractivity contribution < 1.29 is 14.7 Å². The largest absolute Gasteiger partial charge is 0.481 e. The van der Waals surface area contributed by atoms with Crippen molar-refractivity contribution in [3.8, 4) is 11.3 Å². The molecule has 5 heteroatoms. The zero-order valence-electron chi connectivity index (χ0n) is 15.2. The molecule has 3 rings (SSSR count). The number of aromatic nitrogens is 1. The van der Waals surface area contributed by atoms with E-state index in [1.54, 1.807) is 6.07 Å². The average Bonchev–Trinajstić information content (AvgIpc) is 3.44. The highest BCUT2D eigenvalue weighted by atomic mass is 16.4. The fourth-order valence-corrected chi connectivity index (χ4v) is 3.13. The molecule has 1 aromatic carbocycles. The van der Waals surface area contributed by atoms with Gasteiger partial charge in [-0.15, -0.1) is 0 Å². The molecule has 0 aliphatic heterocycles. The Morgan fingerprint density at radius 1 is 1.23 bits per heavy atom. The molecule has 1 aromatic heterocycles. The monoisotopic (exact) mass is 352 g/mol. The molecule has 136 valence electrons. The molecule has 0 saturated heterocycles. The van der Waals surface area contributed by atoms with Gasteiger partial charge in [-0.25, -0.2) is 0 Å². The van der Waals surface area contributed by atoms with Crippen LogP contribution in [-0.4, -0.2) is 33.4 Å². The van der Waals surface area contributed by atoms with Gasteiger partial charge in [-0.05, 0) is 44.4 Å². The number of aryl methyl sites for hydroxylation is 1. The lowest BCUT2D eigenvalue weighted by Crippen LogP contribution is -2.31. The summed E-state index contributed by atoms with van der Waals surface area (Å²) in [4.78, 5) is 29.9. The zero-order chi connectivity index (χ0) is 18.7. The molecule has 1 aliphatic carbocycles. The quantitative estimate of drug-likeness (QED) is 0.829. The van der Waals surface area contributed by atoms with Crippen molar-refractivity contribution in [2.45, 2.75) is 39.7 Å². The Morgan fingerprint density at radius 3 is 2.65 bits per heavy atom. The summed E-state index contributed by atoms with van der Waals surface area (Å²) < 4.78 is 0. The predicted molar refractivity (Wildman–Crippen MR) is 99.6 cm³/mol. The van der Waals surface area contributed by atoms with Crippen molar-refractivity contribution in [2.24, 2.45) is 5.92 Å². The van der Waals surface area contributed by atoms with E-state index in [4.69, 9.17) is 5.11 Å². The number of carbonyl (C=O) groups excluding carboxylic acids is 1. The molecule has 1 heterocycles. The minimum Gasteiger partial charge on any atom is -0.481 e. The van der Waals surface area contributed by atoms with Crippen LogP contribution in [0.15, 0.2) is 36.4 Å². The molecule has 0 radical (unpaired) electrons. The zero-order valence-corrected chi connectivity index (χ0v) is 15.2. The minimum absolute atomic E-state index is 0.101. The van der Waals surface area contributed by atoms with Crippen LogP contribution in [0.5, 0.6) is 0 Å². The van der Waals surface area contributed by atoms with Gasteiger partial charge in [-0.1, -0.05) is 29.8 Å². The Hall–Kier alpha value is -2.69. The van der Waals surface area contributed by atoms with Crippen LogP contribution < -0.4 is 0 Å². The fourth-order valence-electron chi connectivity index (χ4n) is 3.13. The molecule has 5 nitrogen and oxygen atoms in total. The maximum absolute atomic E-state index is 12.5. The number of pyridine rings is 1. The van der Waals surface area contributed by atoms with Gasteiger partial charge in [0, 0.05) is 24.6 Å². The summed E-state index contributed by atoms with van der Waals surface area (Å²) in [6.07, 6.45) is 1.89. The number of aliphatic carboxylic acids is 1. The van der Waals surface area contributed by atoms with Crippen LogP contribution in [0.1, 0.15) is 36.6 Å². The van der Waals surface area contributed by atoms with Gasteiger partial charge in [0.15, 0.2) is 0 Å². The standard InChI is InChI=1S/C21H24N2O3/c1-3-23(21(26)15-8-9-15)13-16-11-14(2)7-10-18(16)19-6-4-5-17(22-19)12-20(24)25/h4-7,10-11,15H,3,8-9,12-13H2,1-2H3,(H,24,25). The van der Waals surface area contributed by atoms with Crippen LogP contribution >= 0.6 is 0 Å². The number of carboxylic acid groups (broad SMARTS) is 1. The second-order valence-electron chi connectivity index (χ2n) is 6.87. The van der Waals surface area contributed by atoms with E-state index in [0.717, 1.165) is 35.2 Å². The number of amides is 1. The normalized spacial score (nSPS) is 13.5. The SMILES string of the molecule is CCN(Cc1cc(C)ccc1-c1cccc(CC(=O)O)n1)C(=O)C1CC1. The molecule has 2 aromatic rings. The van der Waals surface area contributed by atoms with E-state index >= 15 is 0 Å². The number of carbonyl (C=O) groups is 2. The molecule has 0 unspecified atom stereocenters. The van der Waals surface area contributed by atoms with Gasteiger partial charge < -0.3 is 10.0 Å². The van der Waals surface area contributed by atoms with Crippen LogP contribution in [0.2, 0.25) is 0 Å². The van der Waals surface area contributed by atoms with Gasteiger partial charge in [0.1, 0.15) is 0 Å². The van der Waals surface area contributed by atoms with Crippen molar-refractivity contribution in [1.29, 1.82) is 0 Å². The second-order valence-corrected chi connectivity index (χ2v) is 6.87. The van der Waals surface area contributed by atoms with Crippen LogP contribution in [0, 0.1) is 12.8 Å². The molecular weight excluding hydrogens is 328 g/mol. The highest BCUT2D eigenvalue weighted by Gasteiger charge is 2.33. The van der Waals surface area contributed by atoms with Crippen molar-refractivity contribution in [2.75, 3.05) is 6.54 Å². The van der Waals surface area contributed by atoms with E-state index in [9.17, 15) is 9.59 Å². The van der Waals surface area contributed by atoms with Crippen molar-refractivity contribution in [3.63, 3.8) is 0 Å². The van der Waals surface area contributed by atoms with E-state index in [1.807, 2.05) is 43.0 Å². The summed E-state index contributed by atoms with van der Waals surface area (Å²) in [7, 11) is 0. The number of rotatable bonds is 7. The summed E-state index contributed by atoms with van der Waals surface area (Å²) in [6.45, 7) is 5.25. The highest BCUT2D eigenvalue weighted by molar-refractivity contribution is 5.81. The van der Waals surface area contributed by atoms with Crippen molar-refractivity contribution >= 4 is 11.9 Å². The number of hydrogen-bond donors (Lipinski definition) is 1. The first-order valence-corrected chi connectivity index (χ1v) is 9.04. The number of carboxylic acids is 1. The third-order valence-corrected chi connectivity index (χ3v) is 4.66. The first-order valence-electron chi connectivity index (χ1n) is 9.04. The van der Waals surface area contributed by atoms with Gasteiger partial charge in [0.25, 0.3) is 0 Å². The van der Waals surface area contributed by atoms with E-state index in [1.165, 1.54) is 0 Å². The lowest BCUT2D eigenvalue weighted by atomic mass is 10.00. The molecule has 0 atom stereocenters. The number of nitrogens with zero attached hydrogens (tertiary/aromatic N) is 2. The third kappa shape index (κ3) is 4.28. The van der Waals surface area contributed by atoms with Gasteiger partial charge in [0.05, 0.1) is 17.8 Å². The topological polar surface area (TPSA) is 70.5 Å². The minimum atomic E-state index is -0.897. The first kappa shape index (κ1) is 18.1. The van der Waals surface area contributed by atoms with E-state index in [-0.39, 0.29) is 18.2 Å². The number of benzene rings is 1. The Bertz CT molecular complexity index is 828. The maximum atomic E-state index is 12.5. The molecule has 0 spiro atoms. The van der Waals surface area contributed by atoms with Gasteiger partial charge in [-0.3, -0.25) is 14.6 Å². The summed E-state index contributed by atoms with van der Waals surface area (Å²) >= 11 is 0. The van der Waals surface area contributed by atoms with E-state index in [0.29, 0.717) is 18.8 Å². The summed E-state index contributed by atoms with van der Waals surface area (Å²) in [5, 5.41) is 9.01. The summed E-state index contributed by atoms with van der Waals surface area (Å²) in [6, 6.07) is 11.6. The first-order chi connectivity index (χ1) is 12.5. The van der Waals surface area contributed by atoms with Crippen molar-refractivity contribution in [3.05, 3.63) is 53.2 Å². The molecule has 1 aliphatic rings. The Morgan fingerprint density at radius 2 is 2.00 bits per heavy atom. The summed E-state index contributed by atoms with van der Waals surface area (Å²) in [5.41, 5.74) is 4.39. The molecule has 1 saturated carbocycles. The second kappa shape index (κ2) is 7.68. The number of hydrogen-bond acceptors (Lipinski definition) is 3. The molecule has 1 N–H and O–H groups in total. The lowest BCUT2D eigenvalue weighted by Gasteiger charge is -2.23. The maximum Gasteiger partial charge on any atom is 0.309 e. The Labute approximate surface area is 153 Å². The lowest BCUT2D eigenvalue weighted by molar-refractivity contribution is -0.136. The predicted octanol–water partition coefficient (Wildman–Crippen LogP) is 3.44. The van der Waals surface area contributed by atoms with Crippen LogP contribution in [0.4, 0.5) is 0 Å². The third-order valence-electron chi connectivity index (χ3n) is 4.66. The average molecular weight is 352 g/mol. The van der Waals surface area contributed by atoms with Crippen LogP contribution in [-0.2, 0) is 22.6 Å². The van der Waals surface area contributed by atoms with Gasteiger partial charge in [0.2, 0.25) is 5.91 Å². The summed E-state index contributed by atoms with van der Waals surface area (Å²) in [5.74, 6) is -0.473.